The first kappa shape index (κ1) is 30.7. The lowest BCUT2D eigenvalue weighted by Crippen LogP contribution is -2.38. The van der Waals surface area contributed by atoms with Gasteiger partial charge < -0.3 is 19.7 Å². The second-order valence-electron chi connectivity index (χ2n) is 11.2. The molecule has 5 aromatic rings. The van der Waals surface area contributed by atoms with Gasteiger partial charge in [0.2, 0.25) is 0 Å². The fraction of sp³-hybridized carbons (Fsp3) is 0.235. The first-order chi connectivity index (χ1) is 22.1. The predicted molar refractivity (Wildman–Crippen MR) is 166 cm³/mol. The number of carbonyl (C=O) groups is 3. The number of carbonyl (C=O) groups excluding carboxylic acids is 3. The number of nitrogens with zero attached hydrogens (tertiary/aromatic N) is 5. The van der Waals surface area contributed by atoms with E-state index in [2.05, 4.69) is 15.0 Å². The number of esters is 1. The Morgan fingerprint density at radius 1 is 0.761 bits per heavy atom. The van der Waals surface area contributed by atoms with Crippen molar-refractivity contribution in [2.75, 3.05) is 11.5 Å². The number of benzene rings is 3. The van der Waals surface area contributed by atoms with Crippen molar-refractivity contribution in [3.8, 4) is 0 Å². The number of ether oxygens (including phenoxy) is 2. The number of aliphatic hydroxyl groups excluding tert-OH is 2. The maximum Gasteiger partial charge on any atom is 0.338 e. The summed E-state index contributed by atoms with van der Waals surface area (Å²) in [6.45, 7) is 5.35. The molecule has 4 atom stereocenters. The minimum absolute atomic E-state index is 0.0727. The summed E-state index contributed by atoms with van der Waals surface area (Å²) < 4.78 is 12.7. The van der Waals surface area contributed by atoms with E-state index in [4.69, 9.17) is 9.47 Å². The summed E-state index contributed by atoms with van der Waals surface area (Å²) in [4.78, 5) is 54.3. The van der Waals surface area contributed by atoms with Crippen LogP contribution in [0.25, 0.3) is 11.2 Å². The average Bonchev–Trinajstić information content (AvgIpc) is 3.61. The van der Waals surface area contributed by atoms with E-state index in [1.807, 2.05) is 20.8 Å². The molecule has 1 aliphatic heterocycles. The molecule has 0 unspecified atom stereocenters. The SMILES string of the molecule is Cc1ccc(C(=O)OC[C@H]2O[C@@H](n3cnc4c(N(C(=O)c5ccc(C)cc5)C(=O)c5ccc(C)cc5)ncnc43)[C@H](O)[C@@H]2O)cc1. The van der Waals surface area contributed by atoms with Crippen LogP contribution in [0.4, 0.5) is 5.82 Å². The summed E-state index contributed by atoms with van der Waals surface area (Å²) in [5, 5.41) is 21.7. The van der Waals surface area contributed by atoms with Gasteiger partial charge in [0.1, 0.15) is 31.2 Å². The second-order valence-corrected chi connectivity index (χ2v) is 11.2. The third kappa shape index (κ3) is 5.88. The molecule has 12 nitrogen and oxygen atoms in total. The highest BCUT2D eigenvalue weighted by Gasteiger charge is 2.45. The van der Waals surface area contributed by atoms with Crippen LogP contribution in [0.3, 0.4) is 0 Å². The number of imidazole rings is 1. The molecule has 0 spiro atoms. The van der Waals surface area contributed by atoms with E-state index >= 15 is 0 Å². The zero-order valence-electron chi connectivity index (χ0n) is 25.3. The number of fused-ring (bicyclic) bond motifs is 1. The van der Waals surface area contributed by atoms with Gasteiger partial charge in [-0.2, -0.15) is 0 Å². The number of aromatic nitrogens is 4. The maximum atomic E-state index is 13.9. The van der Waals surface area contributed by atoms with E-state index in [1.54, 1.807) is 72.8 Å². The van der Waals surface area contributed by atoms with E-state index in [0.29, 0.717) is 5.56 Å². The molecule has 6 rings (SSSR count). The molecule has 234 valence electrons. The first-order valence-electron chi connectivity index (χ1n) is 14.6. The van der Waals surface area contributed by atoms with Gasteiger partial charge in [0, 0.05) is 11.1 Å². The molecule has 3 heterocycles. The molecule has 0 saturated carbocycles. The standard InChI is InChI=1S/C34H31N5O7/c1-19-4-10-22(11-5-19)31(42)39(32(43)23-12-6-20(2)7-13-23)30-26-29(35-17-36-30)38(18-37-26)33-28(41)27(40)25(46-33)16-45-34(44)24-14-8-21(3)9-15-24/h4-15,17-18,25,27-28,33,40-41H,16H2,1-3H3/t25-,27-,28-,33-/m1/s1. The third-order valence-corrected chi connectivity index (χ3v) is 7.83. The van der Waals surface area contributed by atoms with Crippen molar-refractivity contribution in [3.63, 3.8) is 0 Å². The number of anilines is 1. The molecule has 1 fully saturated rings. The van der Waals surface area contributed by atoms with Crippen molar-refractivity contribution in [1.29, 1.82) is 0 Å². The molecule has 2 amide bonds. The molecule has 0 radical (unpaired) electrons. The van der Waals surface area contributed by atoms with Crippen LogP contribution in [-0.4, -0.2) is 72.4 Å². The van der Waals surface area contributed by atoms with Crippen molar-refractivity contribution in [3.05, 3.63) is 119 Å². The largest absolute Gasteiger partial charge is 0.459 e. The Morgan fingerprint density at radius 3 is 1.83 bits per heavy atom. The van der Waals surface area contributed by atoms with Crippen LogP contribution in [0.2, 0.25) is 0 Å². The quantitative estimate of drug-likeness (QED) is 0.203. The second kappa shape index (κ2) is 12.6. The Balaban J connectivity index is 1.31. The molecule has 0 aliphatic carbocycles. The van der Waals surface area contributed by atoms with E-state index in [9.17, 15) is 24.6 Å². The highest BCUT2D eigenvalue weighted by molar-refractivity contribution is 6.27. The molecule has 1 saturated heterocycles. The molecule has 0 bridgehead atoms. The number of rotatable bonds is 7. The van der Waals surface area contributed by atoms with Crippen LogP contribution < -0.4 is 4.90 Å². The number of aryl methyl sites for hydroxylation is 3. The fourth-order valence-corrected chi connectivity index (χ4v) is 5.15. The normalized spacial score (nSPS) is 19.2. The number of aliphatic hydroxyl groups is 2. The van der Waals surface area contributed by atoms with Crippen LogP contribution >= 0.6 is 0 Å². The number of amides is 2. The van der Waals surface area contributed by atoms with Crippen molar-refractivity contribution >= 4 is 34.8 Å². The van der Waals surface area contributed by atoms with E-state index in [0.717, 1.165) is 21.6 Å². The van der Waals surface area contributed by atoms with E-state index in [-0.39, 0.29) is 34.7 Å². The van der Waals surface area contributed by atoms with E-state index in [1.165, 1.54) is 17.2 Å². The van der Waals surface area contributed by atoms with E-state index < -0.39 is 42.3 Å². The zero-order valence-corrected chi connectivity index (χ0v) is 25.3. The summed E-state index contributed by atoms with van der Waals surface area (Å²) in [6.07, 6.45) is -2.60. The van der Waals surface area contributed by atoms with Crippen molar-refractivity contribution in [2.45, 2.75) is 45.3 Å². The lowest BCUT2D eigenvalue weighted by atomic mass is 10.1. The van der Waals surface area contributed by atoms with Crippen molar-refractivity contribution < 1.29 is 34.1 Å². The molecule has 12 heteroatoms. The van der Waals surface area contributed by atoms with Gasteiger partial charge in [-0.25, -0.2) is 24.6 Å². The van der Waals surface area contributed by atoms with Gasteiger partial charge in [-0.3, -0.25) is 14.2 Å². The molecule has 46 heavy (non-hydrogen) atoms. The van der Waals surface area contributed by atoms with Crippen molar-refractivity contribution in [1.82, 2.24) is 19.5 Å². The van der Waals surface area contributed by atoms with Crippen LogP contribution in [0, 0.1) is 20.8 Å². The zero-order chi connectivity index (χ0) is 32.5. The predicted octanol–water partition coefficient (Wildman–Crippen LogP) is 3.71. The molecular weight excluding hydrogens is 590 g/mol. The fourth-order valence-electron chi connectivity index (χ4n) is 5.15. The highest BCUT2D eigenvalue weighted by atomic mass is 16.6. The molecule has 1 aliphatic rings. The lowest BCUT2D eigenvalue weighted by Gasteiger charge is -2.21. The number of imide groups is 1. The van der Waals surface area contributed by atoms with Gasteiger partial charge in [0.15, 0.2) is 23.2 Å². The minimum Gasteiger partial charge on any atom is -0.459 e. The monoisotopic (exact) mass is 621 g/mol. The van der Waals surface area contributed by atoms with Crippen LogP contribution in [-0.2, 0) is 9.47 Å². The Hall–Kier alpha value is -5.30. The van der Waals surface area contributed by atoms with Gasteiger partial charge in [-0.1, -0.05) is 53.1 Å². The number of hydrogen-bond donors (Lipinski definition) is 2. The van der Waals surface area contributed by atoms with Gasteiger partial charge in [0.05, 0.1) is 11.9 Å². The van der Waals surface area contributed by atoms with Gasteiger partial charge in [-0.05, 0) is 57.2 Å². The summed E-state index contributed by atoms with van der Waals surface area (Å²) in [5.74, 6) is -1.92. The molecule has 2 N–H and O–H groups in total. The lowest BCUT2D eigenvalue weighted by molar-refractivity contribution is -0.0565. The average molecular weight is 622 g/mol. The van der Waals surface area contributed by atoms with Crippen molar-refractivity contribution in [2.24, 2.45) is 0 Å². The highest BCUT2D eigenvalue weighted by Crippen LogP contribution is 2.34. The first-order valence-corrected chi connectivity index (χ1v) is 14.6. The Bertz CT molecular complexity index is 1850. The van der Waals surface area contributed by atoms with Crippen LogP contribution in [0.15, 0.2) is 85.5 Å². The van der Waals surface area contributed by atoms with Crippen LogP contribution in [0.1, 0.15) is 54.0 Å². The summed E-state index contributed by atoms with van der Waals surface area (Å²) in [7, 11) is 0. The molecular formula is C34H31N5O7. The third-order valence-electron chi connectivity index (χ3n) is 7.83. The minimum atomic E-state index is -1.45. The summed E-state index contributed by atoms with van der Waals surface area (Å²) in [5.41, 5.74) is 3.95. The maximum absolute atomic E-state index is 13.9. The Labute approximate surface area is 263 Å². The topological polar surface area (TPSA) is 157 Å². The number of hydrogen-bond acceptors (Lipinski definition) is 10. The summed E-state index contributed by atoms with van der Waals surface area (Å²) in [6, 6.07) is 20.4. The van der Waals surface area contributed by atoms with Gasteiger partial charge >= 0.3 is 5.97 Å². The van der Waals surface area contributed by atoms with Gasteiger partial charge in [0.25, 0.3) is 11.8 Å². The molecule has 2 aromatic heterocycles. The summed E-state index contributed by atoms with van der Waals surface area (Å²) >= 11 is 0. The van der Waals surface area contributed by atoms with Crippen LogP contribution in [0.5, 0.6) is 0 Å². The smallest absolute Gasteiger partial charge is 0.338 e. The Morgan fingerprint density at radius 2 is 1.28 bits per heavy atom. The molecule has 3 aromatic carbocycles. The Kier molecular flexibility index (Phi) is 8.41. The van der Waals surface area contributed by atoms with Gasteiger partial charge in [-0.15, -0.1) is 0 Å².